The van der Waals surface area contributed by atoms with Gasteiger partial charge in [-0.15, -0.1) is 0 Å². The van der Waals surface area contributed by atoms with E-state index in [1.54, 1.807) is 6.08 Å². The topological polar surface area (TPSA) is 96.2 Å². The van der Waals surface area contributed by atoms with Crippen molar-refractivity contribution in [2.75, 3.05) is 13.2 Å². The maximum atomic E-state index is 13.6. The normalized spacial score (nSPS) is 29.5. The van der Waals surface area contributed by atoms with Crippen molar-refractivity contribution in [3.8, 4) is 5.75 Å². The first-order valence-corrected chi connectivity index (χ1v) is 10.8. The van der Waals surface area contributed by atoms with Gasteiger partial charge in [0.05, 0.1) is 12.2 Å². The molecule has 1 aromatic rings. The van der Waals surface area contributed by atoms with Gasteiger partial charge in [-0.1, -0.05) is 12.2 Å². The van der Waals surface area contributed by atoms with Crippen LogP contribution in [0.25, 0.3) is 0 Å². The Balaban J connectivity index is 1.51. The second kappa shape index (κ2) is 11.0. The fourth-order valence-electron chi connectivity index (χ4n) is 4.56. The lowest BCUT2D eigenvalue weighted by molar-refractivity contribution is -0.137. The van der Waals surface area contributed by atoms with Gasteiger partial charge in [-0.2, -0.15) is 0 Å². The molecule has 6 atom stereocenters. The van der Waals surface area contributed by atoms with Gasteiger partial charge in [0.25, 0.3) is 0 Å². The van der Waals surface area contributed by atoms with Gasteiger partial charge in [-0.3, -0.25) is 4.79 Å². The molecule has 8 heteroatoms. The molecular formula is C23H30F2O6. The van der Waals surface area contributed by atoms with Gasteiger partial charge < -0.3 is 24.8 Å². The molecule has 1 aliphatic carbocycles. The van der Waals surface area contributed by atoms with Gasteiger partial charge in [-0.05, 0) is 49.7 Å². The van der Waals surface area contributed by atoms with E-state index in [1.165, 1.54) is 6.08 Å². The second-order valence-corrected chi connectivity index (χ2v) is 8.48. The number of aliphatic carboxylic acids is 1. The van der Waals surface area contributed by atoms with E-state index in [1.807, 2.05) is 0 Å². The number of hydrogen-bond acceptors (Lipinski definition) is 5. The van der Waals surface area contributed by atoms with E-state index in [9.17, 15) is 23.8 Å². The first-order valence-electron chi connectivity index (χ1n) is 10.8. The maximum absolute atomic E-state index is 13.6. The van der Waals surface area contributed by atoms with E-state index in [0.29, 0.717) is 25.4 Å². The minimum Gasteiger partial charge on any atom is -0.487 e. The summed E-state index contributed by atoms with van der Waals surface area (Å²) in [4.78, 5) is 10.7. The fourth-order valence-corrected chi connectivity index (χ4v) is 4.56. The standard InChI is InChI=1S/C23H30F2O6/c24-15-5-9-19(25)22(10-15)31-13-16(26)6-8-17-18-7-4-14(2-1-3-23(28)29)12-30-21(18)11-20(17)27/h5-6,8-10,14,16-18,20-21,26-27H,1-4,7,11-13H2,(H,28,29)/t14?,16-,17-,18-,20-,21-/m1/s1. The quantitative estimate of drug-likeness (QED) is 0.510. The molecule has 6 nitrogen and oxygen atoms in total. The first kappa shape index (κ1) is 23.6. The fraction of sp³-hybridized carbons (Fsp3) is 0.609. The van der Waals surface area contributed by atoms with Gasteiger partial charge in [0.15, 0.2) is 11.6 Å². The molecule has 0 amide bonds. The largest absolute Gasteiger partial charge is 0.487 e. The number of aliphatic hydroxyl groups excluding tert-OH is 2. The molecule has 2 fully saturated rings. The molecule has 172 valence electrons. The van der Waals surface area contributed by atoms with Gasteiger partial charge in [0.2, 0.25) is 0 Å². The highest BCUT2D eigenvalue weighted by molar-refractivity contribution is 5.66. The van der Waals surface area contributed by atoms with Crippen LogP contribution >= 0.6 is 0 Å². The monoisotopic (exact) mass is 440 g/mol. The van der Waals surface area contributed by atoms with Crippen LogP contribution < -0.4 is 4.74 Å². The molecule has 2 aliphatic rings. The minimum atomic E-state index is -1.04. The van der Waals surface area contributed by atoms with Crippen molar-refractivity contribution in [3.05, 3.63) is 42.0 Å². The molecule has 3 rings (SSSR count). The van der Waals surface area contributed by atoms with Crippen LogP contribution in [-0.2, 0) is 9.53 Å². The van der Waals surface area contributed by atoms with Crippen molar-refractivity contribution < 1.29 is 38.4 Å². The Morgan fingerprint density at radius 3 is 2.90 bits per heavy atom. The number of carboxylic acids is 1. The van der Waals surface area contributed by atoms with Crippen molar-refractivity contribution in [2.45, 2.75) is 56.8 Å². The van der Waals surface area contributed by atoms with Gasteiger partial charge in [0.1, 0.15) is 18.5 Å². The van der Waals surface area contributed by atoms with E-state index >= 15 is 0 Å². The van der Waals surface area contributed by atoms with E-state index in [0.717, 1.165) is 37.5 Å². The Morgan fingerprint density at radius 1 is 1.32 bits per heavy atom. The van der Waals surface area contributed by atoms with Crippen molar-refractivity contribution in [2.24, 2.45) is 17.8 Å². The zero-order valence-electron chi connectivity index (χ0n) is 17.3. The lowest BCUT2D eigenvalue weighted by Gasteiger charge is -2.21. The first-order chi connectivity index (χ1) is 14.8. The number of halogens is 2. The smallest absolute Gasteiger partial charge is 0.303 e. The summed E-state index contributed by atoms with van der Waals surface area (Å²) in [7, 11) is 0. The second-order valence-electron chi connectivity index (χ2n) is 8.48. The SMILES string of the molecule is O=C(O)CCCC1CC[C@@H]2[C@@H](C=C[C@@H](O)COc3cc(F)ccc3F)[C@H](O)C[C@H]2OC1. The van der Waals surface area contributed by atoms with Gasteiger partial charge in [-0.25, -0.2) is 8.78 Å². The number of carboxylic acid groups (broad SMARTS) is 1. The highest BCUT2D eigenvalue weighted by atomic mass is 19.1. The van der Waals surface area contributed by atoms with Crippen LogP contribution in [0.5, 0.6) is 5.75 Å². The summed E-state index contributed by atoms with van der Waals surface area (Å²) in [6.07, 6.45) is 5.47. The van der Waals surface area contributed by atoms with Crippen LogP contribution in [0.15, 0.2) is 30.4 Å². The molecule has 1 unspecified atom stereocenters. The molecule has 1 aliphatic heterocycles. The zero-order chi connectivity index (χ0) is 22.4. The summed E-state index contributed by atoms with van der Waals surface area (Å²) in [5.41, 5.74) is 0. The molecule has 1 saturated heterocycles. The summed E-state index contributed by atoms with van der Waals surface area (Å²) in [6.45, 7) is 0.329. The Morgan fingerprint density at radius 2 is 2.13 bits per heavy atom. The summed E-state index contributed by atoms with van der Waals surface area (Å²) in [5.74, 6) is -2.14. The van der Waals surface area contributed by atoms with Crippen molar-refractivity contribution in [1.82, 2.24) is 0 Å². The number of fused-ring (bicyclic) bond motifs is 1. The Hall–Kier alpha value is -2.03. The number of hydrogen-bond donors (Lipinski definition) is 3. The number of benzene rings is 1. The van der Waals surface area contributed by atoms with Crippen molar-refractivity contribution in [3.63, 3.8) is 0 Å². The molecule has 0 spiro atoms. The number of rotatable bonds is 9. The average molecular weight is 440 g/mol. The summed E-state index contributed by atoms with van der Waals surface area (Å²) in [6, 6.07) is 2.87. The summed E-state index contributed by atoms with van der Waals surface area (Å²) < 4.78 is 38.0. The Labute approximate surface area is 180 Å². The minimum absolute atomic E-state index is 0.0658. The zero-order valence-corrected chi connectivity index (χ0v) is 17.3. The van der Waals surface area contributed by atoms with Crippen LogP contribution in [0.4, 0.5) is 8.78 Å². The molecule has 0 aromatic heterocycles. The number of ether oxygens (including phenoxy) is 2. The predicted octanol–water partition coefficient (Wildman–Crippen LogP) is 3.31. The molecular weight excluding hydrogens is 410 g/mol. The maximum Gasteiger partial charge on any atom is 0.303 e. The number of carbonyl (C=O) groups is 1. The van der Waals surface area contributed by atoms with E-state index in [2.05, 4.69) is 0 Å². The lowest BCUT2D eigenvalue weighted by Crippen LogP contribution is -2.22. The van der Waals surface area contributed by atoms with E-state index in [4.69, 9.17) is 14.6 Å². The average Bonchev–Trinajstić information content (AvgIpc) is 2.88. The van der Waals surface area contributed by atoms with Crippen molar-refractivity contribution >= 4 is 5.97 Å². The number of aliphatic hydroxyl groups is 2. The van der Waals surface area contributed by atoms with E-state index < -0.39 is 29.8 Å². The Bertz CT molecular complexity index is 770. The van der Waals surface area contributed by atoms with Crippen molar-refractivity contribution in [1.29, 1.82) is 0 Å². The summed E-state index contributed by atoms with van der Waals surface area (Å²) in [5, 5.41) is 29.4. The predicted molar refractivity (Wildman–Crippen MR) is 109 cm³/mol. The summed E-state index contributed by atoms with van der Waals surface area (Å²) >= 11 is 0. The van der Waals surface area contributed by atoms with Crippen LogP contribution in [0.2, 0.25) is 0 Å². The highest BCUT2D eigenvalue weighted by Crippen LogP contribution is 2.42. The van der Waals surface area contributed by atoms with Crippen LogP contribution in [-0.4, -0.2) is 52.8 Å². The third-order valence-electron chi connectivity index (χ3n) is 6.21. The molecule has 3 N–H and O–H groups in total. The van der Waals surface area contributed by atoms with E-state index in [-0.39, 0.29) is 36.7 Å². The highest BCUT2D eigenvalue weighted by Gasteiger charge is 2.43. The molecule has 1 saturated carbocycles. The third kappa shape index (κ3) is 6.72. The molecule has 1 heterocycles. The third-order valence-corrected chi connectivity index (χ3v) is 6.21. The van der Waals surface area contributed by atoms with Gasteiger partial charge in [0, 0.05) is 31.4 Å². The molecule has 31 heavy (non-hydrogen) atoms. The van der Waals surface area contributed by atoms with Crippen LogP contribution in [0, 0.1) is 29.4 Å². The molecule has 0 radical (unpaired) electrons. The molecule has 0 bridgehead atoms. The Kier molecular flexibility index (Phi) is 8.40. The van der Waals surface area contributed by atoms with Crippen LogP contribution in [0.3, 0.4) is 0 Å². The molecule has 1 aromatic carbocycles. The lowest BCUT2D eigenvalue weighted by atomic mass is 9.86. The van der Waals surface area contributed by atoms with Crippen LogP contribution in [0.1, 0.15) is 38.5 Å². The van der Waals surface area contributed by atoms with Gasteiger partial charge >= 0.3 is 5.97 Å².